The molecule has 15 heavy (non-hydrogen) atoms. The van der Waals surface area contributed by atoms with Crippen molar-refractivity contribution in [1.82, 2.24) is 5.32 Å². The summed E-state index contributed by atoms with van der Waals surface area (Å²) in [4.78, 5) is 4.00. The molecule has 0 unspecified atom stereocenters. The molecule has 0 aromatic rings. The number of halogens is 1. The second-order valence-electron chi connectivity index (χ2n) is 2.51. The third-order valence-corrected chi connectivity index (χ3v) is 2.00. The van der Waals surface area contributed by atoms with Crippen molar-refractivity contribution in [2.45, 2.75) is 6.92 Å². The number of nitrogens with two attached hydrogens (primary N) is 2. The van der Waals surface area contributed by atoms with Gasteiger partial charge in [0.15, 0.2) is 0 Å². The number of nitrogens with one attached hydrogen (secondary N) is 2. The lowest BCUT2D eigenvalue weighted by atomic mass is 10.4. The Bertz CT molecular complexity index is 340. The molecule has 0 aliphatic carbocycles. The molecule has 0 aromatic carbocycles. The largest absolute Gasteiger partial charge is 0.403 e. The van der Waals surface area contributed by atoms with Gasteiger partial charge < -0.3 is 16.8 Å². The van der Waals surface area contributed by atoms with E-state index in [0.717, 1.165) is 0 Å². The molecule has 0 bridgehead atoms. The molecule has 0 rings (SSSR count). The van der Waals surface area contributed by atoms with Crippen molar-refractivity contribution in [2.75, 3.05) is 0 Å². The maximum absolute atomic E-state index is 7.16. The van der Waals surface area contributed by atoms with Crippen LogP contribution >= 0.6 is 15.9 Å². The van der Waals surface area contributed by atoms with Gasteiger partial charge in [-0.05, 0) is 22.9 Å². The fraction of sp³-hybridized carbons (Fsp3) is 0.111. The van der Waals surface area contributed by atoms with Crippen LogP contribution in [0, 0.1) is 5.41 Å². The predicted molar refractivity (Wildman–Crippen MR) is 67.6 cm³/mol. The van der Waals surface area contributed by atoms with Crippen LogP contribution in [0.4, 0.5) is 0 Å². The van der Waals surface area contributed by atoms with Crippen LogP contribution in [0.5, 0.6) is 0 Å². The molecule has 6 N–H and O–H groups in total. The smallest absolute Gasteiger partial charge is 0.141 e. The number of hydrogen-bond donors (Lipinski definition) is 4. The van der Waals surface area contributed by atoms with Crippen molar-refractivity contribution in [3.8, 4) is 0 Å². The SMILES string of the molecule is C=C(C=N/C(Br)=C\C)N/C(=C\N)C(=N)N. The molecular formula is C9H14BrN5. The Kier molecular flexibility index (Phi) is 6.12. The summed E-state index contributed by atoms with van der Waals surface area (Å²) in [5.74, 6) is -0.155. The van der Waals surface area contributed by atoms with E-state index in [1.54, 1.807) is 6.08 Å². The van der Waals surface area contributed by atoms with E-state index < -0.39 is 0 Å². The van der Waals surface area contributed by atoms with Gasteiger partial charge in [-0.1, -0.05) is 12.7 Å². The number of nitrogens with zero attached hydrogens (tertiary/aromatic N) is 1. The maximum atomic E-state index is 7.16. The normalized spacial score (nSPS) is 12.9. The van der Waals surface area contributed by atoms with Crippen LogP contribution in [-0.4, -0.2) is 12.1 Å². The third-order valence-electron chi connectivity index (χ3n) is 1.33. The Morgan fingerprint density at radius 3 is 2.60 bits per heavy atom. The number of aliphatic imine (C=N–C) groups is 1. The maximum Gasteiger partial charge on any atom is 0.141 e. The van der Waals surface area contributed by atoms with Crippen molar-refractivity contribution in [3.05, 3.63) is 34.9 Å². The Morgan fingerprint density at radius 2 is 2.20 bits per heavy atom. The van der Waals surface area contributed by atoms with Gasteiger partial charge in [-0.3, -0.25) is 5.41 Å². The van der Waals surface area contributed by atoms with E-state index >= 15 is 0 Å². The highest BCUT2D eigenvalue weighted by Gasteiger charge is 1.99. The van der Waals surface area contributed by atoms with Gasteiger partial charge in [0.05, 0.1) is 11.9 Å². The zero-order valence-electron chi connectivity index (χ0n) is 8.42. The van der Waals surface area contributed by atoms with Gasteiger partial charge in [-0.2, -0.15) is 0 Å². The first-order chi connectivity index (χ1) is 7.01. The molecule has 0 amide bonds. The zero-order chi connectivity index (χ0) is 11.8. The second-order valence-corrected chi connectivity index (χ2v) is 3.33. The van der Waals surface area contributed by atoms with E-state index in [1.165, 1.54) is 12.4 Å². The Balaban J connectivity index is 4.39. The van der Waals surface area contributed by atoms with Crippen molar-refractivity contribution in [3.63, 3.8) is 0 Å². The minimum atomic E-state index is -0.155. The monoisotopic (exact) mass is 271 g/mol. The quantitative estimate of drug-likeness (QED) is 0.343. The molecule has 6 heteroatoms. The van der Waals surface area contributed by atoms with Crippen LogP contribution in [0.25, 0.3) is 0 Å². The fourth-order valence-electron chi connectivity index (χ4n) is 0.618. The highest BCUT2D eigenvalue weighted by atomic mass is 79.9. The van der Waals surface area contributed by atoms with Crippen LogP contribution < -0.4 is 16.8 Å². The predicted octanol–water partition coefficient (Wildman–Crippen LogP) is 1.15. The molecule has 0 aliphatic rings. The van der Waals surface area contributed by atoms with Gasteiger partial charge in [0.2, 0.25) is 0 Å². The summed E-state index contributed by atoms with van der Waals surface area (Å²) in [6.45, 7) is 5.52. The summed E-state index contributed by atoms with van der Waals surface area (Å²) >= 11 is 3.21. The van der Waals surface area contributed by atoms with Gasteiger partial charge in [-0.25, -0.2) is 4.99 Å². The average Bonchev–Trinajstić information content (AvgIpc) is 2.21. The van der Waals surface area contributed by atoms with E-state index in [9.17, 15) is 0 Å². The Labute approximate surface area is 97.3 Å². The van der Waals surface area contributed by atoms with E-state index in [-0.39, 0.29) is 5.84 Å². The molecule has 82 valence electrons. The topological polar surface area (TPSA) is 100 Å². The van der Waals surface area contributed by atoms with E-state index in [1.807, 2.05) is 6.92 Å². The van der Waals surface area contributed by atoms with Crippen LogP contribution in [0.15, 0.2) is 39.8 Å². The molecule has 0 atom stereocenters. The van der Waals surface area contributed by atoms with E-state index in [2.05, 4.69) is 32.8 Å². The molecule has 0 saturated carbocycles. The van der Waals surface area contributed by atoms with Crippen LogP contribution in [0.3, 0.4) is 0 Å². The number of rotatable bonds is 5. The molecule has 0 aliphatic heterocycles. The number of allylic oxidation sites excluding steroid dienone is 2. The Hall–Kier alpha value is -1.56. The van der Waals surface area contributed by atoms with Gasteiger partial charge >= 0.3 is 0 Å². The van der Waals surface area contributed by atoms with Crippen LogP contribution in [0.1, 0.15) is 6.92 Å². The average molecular weight is 272 g/mol. The Morgan fingerprint density at radius 1 is 1.60 bits per heavy atom. The summed E-state index contributed by atoms with van der Waals surface area (Å²) < 4.78 is 0.687. The molecular weight excluding hydrogens is 258 g/mol. The number of amidine groups is 1. The van der Waals surface area contributed by atoms with E-state index in [0.29, 0.717) is 16.0 Å². The molecule has 0 fully saturated rings. The summed E-state index contributed by atoms with van der Waals surface area (Å²) in [5.41, 5.74) is 11.3. The van der Waals surface area contributed by atoms with Crippen molar-refractivity contribution >= 4 is 28.0 Å². The van der Waals surface area contributed by atoms with Crippen molar-refractivity contribution in [1.29, 1.82) is 5.41 Å². The first-order valence-corrected chi connectivity index (χ1v) is 4.88. The standard InChI is InChI=1S/C9H14BrN5/c1-3-8(10)14-5-6(2)15-7(4-11)9(12)13/h3-5,15H,2,11H2,1H3,(H3,12,13)/b7-4-,8-3-,14-5?. The highest BCUT2D eigenvalue weighted by Crippen LogP contribution is 2.04. The fourth-order valence-corrected chi connectivity index (χ4v) is 0.721. The van der Waals surface area contributed by atoms with Crippen LogP contribution in [-0.2, 0) is 0 Å². The summed E-state index contributed by atoms with van der Waals surface area (Å²) in [5, 5.41) is 9.90. The zero-order valence-corrected chi connectivity index (χ0v) is 10.0. The molecule has 0 saturated heterocycles. The highest BCUT2D eigenvalue weighted by molar-refractivity contribution is 9.11. The van der Waals surface area contributed by atoms with Gasteiger partial charge in [-0.15, -0.1) is 0 Å². The lowest BCUT2D eigenvalue weighted by Gasteiger charge is -2.07. The lowest BCUT2D eigenvalue weighted by Crippen LogP contribution is -2.26. The molecule has 0 heterocycles. The molecule has 5 nitrogen and oxygen atoms in total. The van der Waals surface area contributed by atoms with Gasteiger partial charge in [0.1, 0.15) is 10.4 Å². The van der Waals surface area contributed by atoms with E-state index in [4.69, 9.17) is 16.9 Å². The minimum absolute atomic E-state index is 0.155. The molecule has 0 radical (unpaired) electrons. The minimum Gasteiger partial charge on any atom is -0.403 e. The molecule has 0 aromatic heterocycles. The summed E-state index contributed by atoms with van der Waals surface area (Å²) in [6, 6.07) is 0. The van der Waals surface area contributed by atoms with Crippen molar-refractivity contribution in [2.24, 2.45) is 16.5 Å². The first kappa shape index (κ1) is 13.4. The molecule has 0 spiro atoms. The lowest BCUT2D eigenvalue weighted by molar-refractivity contribution is 1.07. The third kappa shape index (κ3) is 5.69. The first-order valence-electron chi connectivity index (χ1n) is 4.09. The summed E-state index contributed by atoms with van der Waals surface area (Å²) in [6.07, 6.45) is 4.48. The van der Waals surface area contributed by atoms with Gasteiger partial charge in [0.25, 0.3) is 0 Å². The van der Waals surface area contributed by atoms with Crippen LogP contribution in [0.2, 0.25) is 0 Å². The van der Waals surface area contributed by atoms with Crippen molar-refractivity contribution < 1.29 is 0 Å². The number of hydrogen-bond acceptors (Lipinski definition) is 4. The second kappa shape index (κ2) is 6.83. The summed E-state index contributed by atoms with van der Waals surface area (Å²) in [7, 11) is 0. The van der Waals surface area contributed by atoms with Gasteiger partial charge in [0, 0.05) is 11.9 Å².